The van der Waals surface area contributed by atoms with Crippen LogP contribution in [0, 0.1) is 0 Å². The molecule has 2 heterocycles. The molecule has 9 rings (SSSR count). The molecule has 6 aromatic rings. The average Bonchev–Trinajstić information content (AvgIpc) is 3.62. The van der Waals surface area contributed by atoms with Gasteiger partial charge in [0.25, 0.3) is 0 Å². The summed E-state index contributed by atoms with van der Waals surface area (Å²) >= 11 is 0. The van der Waals surface area contributed by atoms with E-state index in [1.165, 1.54) is 93.2 Å². The fourth-order valence-electron chi connectivity index (χ4n) is 8.48. The predicted molar refractivity (Wildman–Crippen MR) is 185 cm³/mol. The van der Waals surface area contributed by atoms with E-state index < -0.39 is 0 Å². The van der Waals surface area contributed by atoms with E-state index in [4.69, 9.17) is 0 Å². The van der Waals surface area contributed by atoms with Gasteiger partial charge < -0.3 is 9.13 Å². The van der Waals surface area contributed by atoms with Gasteiger partial charge in [0, 0.05) is 50.4 Å². The topological polar surface area (TPSA) is 9.86 Å². The summed E-state index contributed by atoms with van der Waals surface area (Å²) in [5.74, 6) is 0.517. The van der Waals surface area contributed by atoms with Crippen LogP contribution in [0.15, 0.2) is 115 Å². The molecule has 4 aromatic carbocycles. The molecule has 2 unspecified atom stereocenters. The van der Waals surface area contributed by atoms with E-state index in [9.17, 15) is 0 Å². The third-order valence-corrected chi connectivity index (χ3v) is 10.5. The molecule has 3 aliphatic carbocycles. The number of para-hydroxylation sites is 2. The van der Waals surface area contributed by atoms with Gasteiger partial charge in [0.05, 0.1) is 11.6 Å². The highest BCUT2D eigenvalue weighted by atomic mass is 15.0. The minimum Gasteiger partial charge on any atom is -0.337 e. The molecule has 0 radical (unpaired) electrons. The van der Waals surface area contributed by atoms with Crippen molar-refractivity contribution in [2.75, 3.05) is 0 Å². The standard InChI is InChI=1S/C42H38N2/c1-3-12-29(13-4-1)30-22-25-33(26-23-30)43-39-20-9-8-17-36(39)38-28-31(24-27-41(38)43)34-18-11-19-37-35-16-7-10-21-40(35)44(42(34)37)32-14-5-2-6-15-32/h1-6,8,11-15,17-19,22,24-25,27-28,30,33H,7,9-10,16,20-21,23,26H2. The third-order valence-electron chi connectivity index (χ3n) is 10.5. The van der Waals surface area contributed by atoms with Crippen LogP contribution in [0.3, 0.4) is 0 Å². The molecule has 2 nitrogen and oxygen atoms in total. The predicted octanol–water partition coefficient (Wildman–Crippen LogP) is 10.8. The molecule has 0 saturated heterocycles. The molecule has 2 heteroatoms. The summed E-state index contributed by atoms with van der Waals surface area (Å²) < 4.78 is 5.27. The number of benzene rings is 4. The van der Waals surface area contributed by atoms with Crippen LogP contribution in [0.2, 0.25) is 0 Å². The first-order valence-corrected chi connectivity index (χ1v) is 16.6. The van der Waals surface area contributed by atoms with Crippen molar-refractivity contribution in [2.45, 2.75) is 63.3 Å². The molecule has 0 N–H and O–H groups in total. The summed E-state index contributed by atoms with van der Waals surface area (Å²) in [5, 5.41) is 2.83. The average molecular weight is 571 g/mol. The van der Waals surface area contributed by atoms with Crippen LogP contribution in [0.5, 0.6) is 0 Å². The van der Waals surface area contributed by atoms with Crippen LogP contribution in [-0.2, 0) is 19.3 Å². The van der Waals surface area contributed by atoms with Gasteiger partial charge in [0.1, 0.15) is 0 Å². The minimum atomic E-state index is 0.407. The van der Waals surface area contributed by atoms with Crippen LogP contribution in [-0.4, -0.2) is 9.13 Å². The van der Waals surface area contributed by atoms with Crippen molar-refractivity contribution in [2.24, 2.45) is 0 Å². The van der Waals surface area contributed by atoms with Gasteiger partial charge >= 0.3 is 0 Å². The molecule has 0 fully saturated rings. The summed E-state index contributed by atoms with van der Waals surface area (Å²) in [6.07, 6.45) is 19.2. The molecule has 2 aromatic heterocycles. The van der Waals surface area contributed by atoms with Crippen molar-refractivity contribution in [1.29, 1.82) is 0 Å². The van der Waals surface area contributed by atoms with E-state index in [1.807, 2.05) is 0 Å². The molecule has 216 valence electrons. The number of hydrogen-bond donors (Lipinski definition) is 0. The Kier molecular flexibility index (Phi) is 6.21. The lowest BCUT2D eigenvalue weighted by Crippen LogP contribution is -2.15. The minimum absolute atomic E-state index is 0.407. The van der Waals surface area contributed by atoms with Crippen molar-refractivity contribution in [3.05, 3.63) is 143 Å². The maximum absolute atomic E-state index is 2.68. The number of rotatable bonds is 4. The summed E-state index contributed by atoms with van der Waals surface area (Å²) in [4.78, 5) is 0. The fourth-order valence-corrected chi connectivity index (χ4v) is 8.48. The van der Waals surface area contributed by atoms with Crippen molar-refractivity contribution in [3.8, 4) is 16.8 Å². The first-order valence-electron chi connectivity index (χ1n) is 16.6. The van der Waals surface area contributed by atoms with Crippen LogP contribution in [0.1, 0.15) is 72.1 Å². The summed E-state index contributed by atoms with van der Waals surface area (Å²) in [7, 11) is 0. The number of allylic oxidation sites excluding steroid dienone is 3. The van der Waals surface area contributed by atoms with Gasteiger partial charge in [-0.25, -0.2) is 0 Å². The first-order chi connectivity index (χ1) is 21.8. The van der Waals surface area contributed by atoms with Gasteiger partial charge in [-0.3, -0.25) is 0 Å². The normalized spacial score (nSPS) is 19.4. The van der Waals surface area contributed by atoms with Crippen molar-refractivity contribution >= 4 is 27.9 Å². The zero-order valence-electron chi connectivity index (χ0n) is 25.3. The van der Waals surface area contributed by atoms with Gasteiger partial charge in [0.2, 0.25) is 0 Å². The molecule has 3 aliphatic rings. The highest BCUT2D eigenvalue weighted by molar-refractivity contribution is 6.02. The number of fused-ring (bicyclic) bond motifs is 6. The van der Waals surface area contributed by atoms with Crippen LogP contribution < -0.4 is 0 Å². The molecular weight excluding hydrogens is 532 g/mol. The Hall–Kier alpha value is -4.56. The monoisotopic (exact) mass is 570 g/mol. The maximum Gasteiger partial charge on any atom is 0.0612 e. The van der Waals surface area contributed by atoms with Crippen LogP contribution in [0.4, 0.5) is 0 Å². The Morgan fingerprint density at radius 2 is 1.50 bits per heavy atom. The fraction of sp³-hybridized carbons (Fsp3) is 0.238. The zero-order valence-corrected chi connectivity index (χ0v) is 25.3. The van der Waals surface area contributed by atoms with Gasteiger partial charge in [-0.1, -0.05) is 97.1 Å². The number of hydrogen-bond acceptors (Lipinski definition) is 0. The van der Waals surface area contributed by atoms with Gasteiger partial charge in [-0.05, 0) is 92.3 Å². The smallest absolute Gasteiger partial charge is 0.0612 e. The largest absolute Gasteiger partial charge is 0.337 e. The quantitative estimate of drug-likeness (QED) is 0.187. The second-order valence-corrected chi connectivity index (χ2v) is 13.0. The molecule has 0 bridgehead atoms. The number of aromatic nitrogens is 2. The van der Waals surface area contributed by atoms with Crippen LogP contribution >= 0.6 is 0 Å². The van der Waals surface area contributed by atoms with E-state index in [0.717, 1.165) is 19.3 Å². The van der Waals surface area contributed by atoms with Gasteiger partial charge in [0.15, 0.2) is 0 Å². The Balaban J connectivity index is 1.20. The number of nitrogens with zero attached hydrogens (tertiary/aromatic N) is 2. The van der Waals surface area contributed by atoms with Crippen molar-refractivity contribution in [3.63, 3.8) is 0 Å². The Labute approximate surface area is 260 Å². The Morgan fingerprint density at radius 1 is 0.659 bits per heavy atom. The third kappa shape index (κ3) is 4.08. The van der Waals surface area contributed by atoms with Crippen molar-refractivity contribution < 1.29 is 0 Å². The second-order valence-electron chi connectivity index (χ2n) is 13.0. The van der Waals surface area contributed by atoms with E-state index in [1.54, 1.807) is 5.56 Å². The maximum atomic E-state index is 2.68. The molecule has 44 heavy (non-hydrogen) atoms. The lowest BCUT2D eigenvalue weighted by molar-refractivity contribution is 0.492. The van der Waals surface area contributed by atoms with E-state index in [0.29, 0.717) is 12.0 Å². The summed E-state index contributed by atoms with van der Waals surface area (Å²) in [5.41, 5.74) is 14.1. The lowest BCUT2D eigenvalue weighted by Gasteiger charge is -2.27. The van der Waals surface area contributed by atoms with Gasteiger partial charge in [-0.2, -0.15) is 0 Å². The van der Waals surface area contributed by atoms with E-state index >= 15 is 0 Å². The highest BCUT2D eigenvalue weighted by Crippen LogP contribution is 2.43. The van der Waals surface area contributed by atoms with Gasteiger partial charge in [-0.15, -0.1) is 0 Å². The van der Waals surface area contributed by atoms with E-state index in [-0.39, 0.29) is 0 Å². The second kappa shape index (κ2) is 10.6. The Morgan fingerprint density at radius 3 is 2.34 bits per heavy atom. The molecule has 0 spiro atoms. The molecule has 0 saturated carbocycles. The van der Waals surface area contributed by atoms with E-state index in [2.05, 4.69) is 131 Å². The summed E-state index contributed by atoms with van der Waals surface area (Å²) in [6.45, 7) is 0. The van der Waals surface area contributed by atoms with Crippen LogP contribution in [0.25, 0.3) is 44.7 Å². The first kappa shape index (κ1) is 25.9. The number of aryl methyl sites for hydroxylation is 1. The molecule has 0 amide bonds. The SMILES string of the molecule is C1=Cc2c(n(C3C=CC(c4ccccc4)CC3)c3ccc(-c4cccc5c6c(n(-c7ccccc7)c45)CCCC6)cc23)CC1. The lowest BCUT2D eigenvalue weighted by atomic mass is 9.87. The van der Waals surface area contributed by atoms with Crippen molar-refractivity contribution in [1.82, 2.24) is 9.13 Å². The molecular formula is C42H38N2. The zero-order chi connectivity index (χ0) is 29.0. The molecule has 0 aliphatic heterocycles. The Bertz CT molecular complexity index is 2070. The molecule has 2 atom stereocenters. The highest BCUT2D eigenvalue weighted by Gasteiger charge is 2.27. The summed E-state index contributed by atoms with van der Waals surface area (Å²) in [6, 6.07) is 36.7.